The lowest BCUT2D eigenvalue weighted by Gasteiger charge is -2.09. The highest BCUT2D eigenvalue weighted by atomic mass is 79.9. The van der Waals surface area contributed by atoms with E-state index < -0.39 is 0 Å². The smallest absolute Gasteiger partial charge is 0.256 e. The molecule has 2 rings (SSSR count). The Hall–Kier alpha value is -1.52. The van der Waals surface area contributed by atoms with Crippen molar-refractivity contribution in [2.24, 2.45) is 0 Å². The summed E-state index contributed by atoms with van der Waals surface area (Å²) in [5, 5.41) is 2.90. The van der Waals surface area contributed by atoms with Gasteiger partial charge in [0.25, 0.3) is 5.91 Å². The molecular weight excluding hydrogens is 334 g/mol. The highest BCUT2D eigenvalue weighted by Crippen LogP contribution is 2.24. The van der Waals surface area contributed by atoms with Gasteiger partial charge in [-0.2, -0.15) is 0 Å². The number of thioether (sulfide) groups is 1. The van der Waals surface area contributed by atoms with Crippen LogP contribution in [-0.4, -0.2) is 11.7 Å². The first-order chi connectivity index (χ1) is 9.70. The fourth-order valence-corrected chi connectivity index (χ4v) is 2.71. The molecule has 4 heteroatoms. The molecule has 0 aliphatic heterocycles. The van der Waals surface area contributed by atoms with Crippen LogP contribution in [-0.2, 0) is 0 Å². The molecule has 0 saturated carbocycles. The van der Waals surface area contributed by atoms with Gasteiger partial charge in [-0.15, -0.1) is 18.3 Å². The van der Waals surface area contributed by atoms with Crippen LogP contribution in [0.1, 0.15) is 10.4 Å². The summed E-state index contributed by atoms with van der Waals surface area (Å²) in [7, 11) is 0. The predicted molar refractivity (Wildman–Crippen MR) is 89.5 cm³/mol. The minimum atomic E-state index is -0.0977. The van der Waals surface area contributed by atoms with Crippen molar-refractivity contribution in [3.63, 3.8) is 0 Å². The largest absolute Gasteiger partial charge is 0.322 e. The fourth-order valence-electron chi connectivity index (χ4n) is 1.66. The second-order valence-corrected chi connectivity index (χ2v) is 6.03. The van der Waals surface area contributed by atoms with E-state index in [0.29, 0.717) is 5.56 Å². The van der Waals surface area contributed by atoms with E-state index in [1.807, 2.05) is 54.6 Å². The minimum absolute atomic E-state index is 0.0977. The number of hydrogen-bond donors (Lipinski definition) is 1. The highest BCUT2D eigenvalue weighted by Gasteiger charge is 2.11. The van der Waals surface area contributed by atoms with Gasteiger partial charge < -0.3 is 5.32 Å². The van der Waals surface area contributed by atoms with Gasteiger partial charge in [-0.3, -0.25) is 4.79 Å². The molecule has 0 radical (unpaired) electrons. The monoisotopic (exact) mass is 347 g/mol. The zero-order valence-corrected chi connectivity index (χ0v) is 13.2. The zero-order valence-electron chi connectivity index (χ0n) is 10.8. The summed E-state index contributed by atoms with van der Waals surface area (Å²) in [6, 6.07) is 15.1. The number of carbonyl (C=O) groups excluding carboxylic acids is 1. The van der Waals surface area contributed by atoms with Crippen LogP contribution in [0.2, 0.25) is 0 Å². The van der Waals surface area contributed by atoms with E-state index >= 15 is 0 Å². The molecule has 0 aromatic heterocycles. The van der Waals surface area contributed by atoms with Gasteiger partial charge >= 0.3 is 0 Å². The first-order valence-corrected chi connectivity index (χ1v) is 7.88. The Morgan fingerprint density at radius 3 is 2.60 bits per heavy atom. The lowest BCUT2D eigenvalue weighted by atomic mass is 10.2. The quantitative estimate of drug-likeness (QED) is 0.610. The van der Waals surface area contributed by atoms with Crippen LogP contribution in [0.3, 0.4) is 0 Å². The van der Waals surface area contributed by atoms with Crippen molar-refractivity contribution in [3.8, 4) is 0 Å². The van der Waals surface area contributed by atoms with Crippen LogP contribution in [0.15, 0.2) is 70.6 Å². The molecule has 0 saturated heterocycles. The van der Waals surface area contributed by atoms with Gasteiger partial charge in [0.2, 0.25) is 0 Å². The van der Waals surface area contributed by atoms with Crippen molar-refractivity contribution in [1.82, 2.24) is 0 Å². The molecule has 0 aliphatic carbocycles. The van der Waals surface area contributed by atoms with E-state index in [1.54, 1.807) is 11.8 Å². The van der Waals surface area contributed by atoms with Crippen molar-refractivity contribution in [2.45, 2.75) is 4.90 Å². The first kappa shape index (κ1) is 14.9. The van der Waals surface area contributed by atoms with E-state index in [1.165, 1.54) is 0 Å². The van der Waals surface area contributed by atoms with E-state index in [0.717, 1.165) is 20.8 Å². The molecule has 1 N–H and O–H groups in total. The minimum Gasteiger partial charge on any atom is -0.322 e. The van der Waals surface area contributed by atoms with Crippen molar-refractivity contribution < 1.29 is 4.79 Å². The average Bonchev–Trinajstić information content (AvgIpc) is 2.47. The van der Waals surface area contributed by atoms with Gasteiger partial charge in [0, 0.05) is 20.8 Å². The number of hydrogen-bond acceptors (Lipinski definition) is 2. The van der Waals surface area contributed by atoms with Gasteiger partial charge in [-0.05, 0) is 36.4 Å². The van der Waals surface area contributed by atoms with Crippen molar-refractivity contribution in [3.05, 3.63) is 71.2 Å². The second kappa shape index (κ2) is 7.31. The first-order valence-electron chi connectivity index (χ1n) is 6.10. The third-order valence-electron chi connectivity index (χ3n) is 2.59. The molecule has 2 nitrogen and oxygen atoms in total. The van der Waals surface area contributed by atoms with Crippen LogP contribution in [0.25, 0.3) is 0 Å². The Labute approximate surface area is 131 Å². The van der Waals surface area contributed by atoms with Crippen molar-refractivity contribution in [2.75, 3.05) is 11.1 Å². The van der Waals surface area contributed by atoms with E-state index in [-0.39, 0.29) is 5.91 Å². The Balaban J connectivity index is 2.16. The molecule has 0 atom stereocenters. The summed E-state index contributed by atoms with van der Waals surface area (Å²) in [4.78, 5) is 13.3. The molecule has 20 heavy (non-hydrogen) atoms. The predicted octanol–water partition coefficient (Wildman–Crippen LogP) is 4.98. The fraction of sp³-hybridized carbons (Fsp3) is 0.0625. The maximum atomic E-state index is 12.3. The summed E-state index contributed by atoms with van der Waals surface area (Å²) in [6.45, 7) is 3.70. The van der Waals surface area contributed by atoms with E-state index in [4.69, 9.17) is 0 Å². The molecule has 2 aromatic rings. The van der Waals surface area contributed by atoms with Crippen LogP contribution in [0, 0.1) is 0 Å². The molecule has 0 bridgehead atoms. The molecule has 1 amide bonds. The summed E-state index contributed by atoms with van der Waals surface area (Å²) in [5.41, 5.74) is 1.46. The molecular formula is C16H14BrNOS. The van der Waals surface area contributed by atoms with Crippen molar-refractivity contribution >= 4 is 39.3 Å². The molecule has 0 fully saturated rings. The Morgan fingerprint density at radius 1 is 1.20 bits per heavy atom. The average molecular weight is 348 g/mol. The third kappa shape index (κ3) is 3.99. The van der Waals surface area contributed by atoms with Crippen molar-refractivity contribution in [1.29, 1.82) is 0 Å². The Morgan fingerprint density at radius 2 is 1.90 bits per heavy atom. The third-order valence-corrected chi connectivity index (χ3v) is 4.19. The topological polar surface area (TPSA) is 29.1 Å². The number of halogens is 1. The van der Waals surface area contributed by atoms with Gasteiger partial charge in [0.05, 0.1) is 5.56 Å². The second-order valence-electron chi connectivity index (χ2n) is 4.06. The summed E-state index contributed by atoms with van der Waals surface area (Å²) < 4.78 is 0.984. The van der Waals surface area contributed by atoms with Crippen LogP contribution < -0.4 is 5.32 Å². The lowest BCUT2D eigenvalue weighted by Crippen LogP contribution is -2.12. The normalized spacial score (nSPS) is 10.1. The van der Waals surface area contributed by atoms with E-state index in [2.05, 4.69) is 27.8 Å². The van der Waals surface area contributed by atoms with Crippen LogP contribution in [0.5, 0.6) is 0 Å². The number of anilines is 1. The van der Waals surface area contributed by atoms with Gasteiger partial charge in [0.1, 0.15) is 0 Å². The number of rotatable bonds is 5. The Kier molecular flexibility index (Phi) is 5.44. The van der Waals surface area contributed by atoms with Gasteiger partial charge in [-0.25, -0.2) is 0 Å². The van der Waals surface area contributed by atoms with Gasteiger partial charge in [0.15, 0.2) is 0 Å². The lowest BCUT2D eigenvalue weighted by molar-refractivity contribution is 0.102. The zero-order chi connectivity index (χ0) is 14.4. The molecule has 102 valence electrons. The summed E-state index contributed by atoms with van der Waals surface area (Å²) in [5.74, 6) is 0.683. The standard InChI is InChI=1S/C16H14BrNOS/c1-2-11-20-15-6-4-3-5-14(15)16(19)18-13-9-7-12(17)8-10-13/h2-10H,1,11H2,(H,18,19). The maximum absolute atomic E-state index is 12.3. The Bertz CT molecular complexity index is 610. The number of carbonyl (C=O) groups is 1. The molecule has 0 aliphatic rings. The highest BCUT2D eigenvalue weighted by molar-refractivity contribution is 9.10. The SMILES string of the molecule is C=CCSc1ccccc1C(=O)Nc1ccc(Br)cc1. The summed E-state index contributed by atoms with van der Waals surface area (Å²) in [6.07, 6.45) is 1.83. The molecule has 0 unspecified atom stereocenters. The summed E-state index contributed by atoms with van der Waals surface area (Å²) >= 11 is 4.97. The molecule has 2 aromatic carbocycles. The van der Waals surface area contributed by atoms with Gasteiger partial charge in [-0.1, -0.05) is 34.1 Å². The van der Waals surface area contributed by atoms with Crippen LogP contribution >= 0.6 is 27.7 Å². The van der Waals surface area contributed by atoms with Crippen LogP contribution in [0.4, 0.5) is 5.69 Å². The number of benzene rings is 2. The number of nitrogens with one attached hydrogen (secondary N) is 1. The molecule has 0 heterocycles. The number of amides is 1. The van der Waals surface area contributed by atoms with E-state index in [9.17, 15) is 4.79 Å². The maximum Gasteiger partial charge on any atom is 0.256 e. The molecule has 0 spiro atoms.